The van der Waals surface area contributed by atoms with Gasteiger partial charge in [-0.25, -0.2) is 19.2 Å². The van der Waals surface area contributed by atoms with E-state index in [-0.39, 0.29) is 55.1 Å². The first kappa shape index (κ1) is 25.2. The standard InChI is InChI=1S/C24H12O8.2Zn/c25-21(26)13-8-7-11-10-5-1-3-9-4-2-6-12(14(9)10)16-15(11)17(13)19(23(29)30)20(24(31)32)18(16)22(27)28;;/h1-8H,(H,25,26)(H,27,28)(H,29,30)(H,31,32);;. The van der Waals surface area contributed by atoms with Crippen molar-refractivity contribution in [2.75, 3.05) is 0 Å². The predicted molar refractivity (Wildman–Crippen MR) is 115 cm³/mol. The van der Waals surface area contributed by atoms with E-state index in [2.05, 4.69) is 0 Å². The van der Waals surface area contributed by atoms with Gasteiger partial charge in [-0.1, -0.05) is 42.5 Å². The van der Waals surface area contributed by atoms with Crippen molar-refractivity contribution >= 4 is 67.0 Å². The SMILES string of the molecule is O=C(O)c1c(C(=O)O)c2c(C(=O)O)ccc3c4cccc5cccc(c(c1C(=O)O)c23)c54.[Zn].[Zn]. The first-order valence-corrected chi connectivity index (χ1v) is 9.36. The largest absolute Gasteiger partial charge is 0.478 e. The van der Waals surface area contributed by atoms with E-state index in [9.17, 15) is 39.6 Å². The van der Waals surface area contributed by atoms with Crippen molar-refractivity contribution in [3.8, 4) is 0 Å². The van der Waals surface area contributed by atoms with Gasteiger partial charge < -0.3 is 20.4 Å². The fourth-order valence-electron chi connectivity index (χ4n) is 4.71. The van der Waals surface area contributed by atoms with E-state index in [1.54, 1.807) is 24.3 Å². The third-order valence-corrected chi connectivity index (χ3v) is 5.79. The summed E-state index contributed by atoms with van der Waals surface area (Å²) in [7, 11) is 0. The number of carboxylic acid groups (broad SMARTS) is 4. The van der Waals surface area contributed by atoms with E-state index in [0.29, 0.717) is 21.5 Å². The maximum absolute atomic E-state index is 12.3. The van der Waals surface area contributed by atoms with Crippen LogP contribution < -0.4 is 0 Å². The Kier molecular flexibility index (Phi) is 6.44. The predicted octanol–water partition coefficient (Wildman–Crippen LogP) is 4.53. The van der Waals surface area contributed by atoms with Crippen molar-refractivity contribution in [2.24, 2.45) is 0 Å². The van der Waals surface area contributed by atoms with Gasteiger partial charge in [-0.2, -0.15) is 0 Å². The average molecular weight is 559 g/mol. The van der Waals surface area contributed by atoms with Crippen molar-refractivity contribution < 1.29 is 78.6 Å². The van der Waals surface area contributed by atoms with Crippen LogP contribution >= 0.6 is 0 Å². The van der Waals surface area contributed by atoms with Crippen molar-refractivity contribution in [3.05, 3.63) is 70.8 Å². The summed E-state index contributed by atoms with van der Waals surface area (Å²) in [6.45, 7) is 0. The second kappa shape index (κ2) is 8.71. The Labute approximate surface area is 215 Å². The van der Waals surface area contributed by atoms with Gasteiger partial charge in [0.15, 0.2) is 0 Å². The summed E-state index contributed by atoms with van der Waals surface area (Å²) in [6, 6.07) is 13.2. The Balaban J connectivity index is 0.00000162. The number of aromatic carboxylic acids is 4. The molecule has 0 saturated heterocycles. The van der Waals surface area contributed by atoms with E-state index in [1.165, 1.54) is 12.1 Å². The molecule has 0 aliphatic rings. The van der Waals surface area contributed by atoms with Gasteiger partial charge in [0, 0.05) is 55.1 Å². The number of rotatable bonds is 4. The third-order valence-electron chi connectivity index (χ3n) is 5.79. The molecule has 5 aromatic rings. The van der Waals surface area contributed by atoms with Crippen LogP contribution in [0.25, 0.3) is 43.1 Å². The summed E-state index contributed by atoms with van der Waals surface area (Å²) in [5.74, 6) is -6.58. The number of fused-ring (bicyclic) bond motifs is 2. The maximum atomic E-state index is 12.3. The van der Waals surface area contributed by atoms with Crippen LogP contribution in [0.3, 0.4) is 0 Å². The van der Waals surface area contributed by atoms with Gasteiger partial charge in [0.05, 0.1) is 22.3 Å². The monoisotopic (exact) mass is 556 g/mol. The molecule has 5 rings (SSSR count). The zero-order valence-corrected chi connectivity index (χ0v) is 23.4. The molecule has 0 spiro atoms. The van der Waals surface area contributed by atoms with E-state index in [1.807, 2.05) is 12.1 Å². The summed E-state index contributed by atoms with van der Waals surface area (Å²) in [4.78, 5) is 48.7. The zero-order valence-electron chi connectivity index (χ0n) is 17.5. The topological polar surface area (TPSA) is 149 Å². The van der Waals surface area contributed by atoms with Gasteiger partial charge in [-0.15, -0.1) is 0 Å². The molecule has 8 nitrogen and oxygen atoms in total. The molecule has 0 atom stereocenters. The normalized spacial score (nSPS) is 10.8. The molecule has 34 heavy (non-hydrogen) atoms. The van der Waals surface area contributed by atoms with Crippen LogP contribution in [-0.4, -0.2) is 44.3 Å². The summed E-state index contributed by atoms with van der Waals surface area (Å²) in [5, 5.41) is 42.3. The van der Waals surface area contributed by atoms with Crippen LogP contribution in [0.5, 0.6) is 0 Å². The molecule has 0 radical (unpaired) electrons. The van der Waals surface area contributed by atoms with Crippen LogP contribution in [0.15, 0.2) is 48.5 Å². The molecule has 10 heteroatoms. The Morgan fingerprint density at radius 2 is 0.971 bits per heavy atom. The van der Waals surface area contributed by atoms with Crippen molar-refractivity contribution in [3.63, 3.8) is 0 Å². The Morgan fingerprint density at radius 3 is 1.50 bits per heavy atom. The Morgan fingerprint density at radius 1 is 0.471 bits per heavy atom. The fourth-order valence-corrected chi connectivity index (χ4v) is 4.71. The Hall–Kier alpha value is -3.47. The van der Waals surface area contributed by atoms with Crippen LogP contribution in [-0.2, 0) is 39.0 Å². The van der Waals surface area contributed by atoms with E-state index >= 15 is 0 Å². The van der Waals surface area contributed by atoms with Crippen LogP contribution in [0.4, 0.5) is 0 Å². The minimum absolute atomic E-state index is 0. The minimum atomic E-state index is -1.77. The molecule has 5 aromatic carbocycles. The maximum Gasteiger partial charge on any atom is 0.337 e. The quantitative estimate of drug-likeness (QED) is 0.143. The van der Waals surface area contributed by atoms with Crippen LogP contribution in [0, 0.1) is 0 Å². The van der Waals surface area contributed by atoms with Gasteiger partial charge in [-0.3, -0.25) is 0 Å². The van der Waals surface area contributed by atoms with Gasteiger partial charge >= 0.3 is 23.9 Å². The second-order valence-electron chi connectivity index (χ2n) is 7.34. The second-order valence-corrected chi connectivity index (χ2v) is 7.34. The molecule has 0 heterocycles. The average Bonchev–Trinajstić information content (AvgIpc) is 2.75. The molecule has 0 fully saturated rings. The number of carboxylic acids is 4. The van der Waals surface area contributed by atoms with Crippen molar-refractivity contribution in [2.45, 2.75) is 0 Å². The number of benzene rings is 5. The number of carbonyl (C=O) groups is 4. The summed E-state index contributed by atoms with van der Waals surface area (Å²) in [6.07, 6.45) is 0. The summed E-state index contributed by atoms with van der Waals surface area (Å²) in [5.41, 5.74) is -2.93. The van der Waals surface area contributed by atoms with Gasteiger partial charge in [0.25, 0.3) is 0 Å². The molecular formula is C24H12O8Zn2. The zero-order chi connectivity index (χ0) is 22.9. The molecule has 0 aliphatic heterocycles. The molecular weight excluding hydrogens is 547 g/mol. The van der Waals surface area contributed by atoms with E-state index in [4.69, 9.17) is 0 Å². The number of hydrogen-bond donors (Lipinski definition) is 4. The molecule has 0 unspecified atom stereocenters. The minimum Gasteiger partial charge on any atom is -0.478 e. The van der Waals surface area contributed by atoms with Gasteiger partial charge in [0.1, 0.15) is 0 Å². The van der Waals surface area contributed by atoms with Gasteiger partial charge in [-0.05, 0) is 33.0 Å². The molecule has 0 aliphatic carbocycles. The summed E-state index contributed by atoms with van der Waals surface area (Å²) < 4.78 is 0. The smallest absolute Gasteiger partial charge is 0.337 e. The fraction of sp³-hybridized carbons (Fsp3) is 0. The van der Waals surface area contributed by atoms with E-state index in [0.717, 1.165) is 5.39 Å². The van der Waals surface area contributed by atoms with Crippen LogP contribution in [0.2, 0.25) is 0 Å². The van der Waals surface area contributed by atoms with Crippen molar-refractivity contribution in [1.82, 2.24) is 0 Å². The Bertz CT molecular complexity index is 1680. The molecule has 0 bridgehead atoms. The molecule has 160 valence electrons. The number of hydrogen-bond acceptors (Lipinski definition) is 4. The first-order valence-electron chi connectivity index (χ1n) is 9.36. The van der Waals surface area contributed by atoms with Crippen LogP contribution in [0.1, 0.15) is 41.4 Å². The van der Waals surface area contributed by atoms with Gasteiger partial charge in [0.2, 0.25) is 0 Å². The molecule has 0 saturated carbocycles. The first-order chi connectivity index (χ1) is 15.2. The third kappa shape index (κ3) is 3.25. The summed E-state index contributed by atoms with van der Waals surface area (Å²) >= 11 is 0. The van der Waals surface area contributed by atoms with E-state index < -0.39 is 46.1 Å². The molecule has 0 aromatic heterocycles. The van der Waals surface area contributed by atoms with Crippen molar-refractivity contribution in [1.29, 1.82) is 0 Å². The molecule has 4 N–H and O–H groups in total. The molecule has 0 amide bonds.